The number of hydrogen-bond acceptors (Lipinski definition) is 4. The Hall–Kier alpha value is -0.850. The fraction of sp³-hybridized carbons (Fsp3) is 0.950. The molecule has 26 heavy (non-hydrogen) atoms. The number of ether oxygens (including phenoxy) is 1. The van der Waals surface area contributed by atoms with E-state index < -0.39 is 0 Å². The van der Waals surface area contributed by atoms with Crippen molar-refractivity contribution in [2.24, 2.45) is 4.99 Å². The van der Waals surface area contributed by atoms with Crippen molar-refractivity contribution in [1.82, 2.24) is 20.4 Å². The van der Waals surface area contributed by atoms with Crippen molar-refractivity contribution in [3.63, 3.8) is 0 Å². The highest BCUT2D eigenvalue weighted by molar-refractivity contribution is 5.79. The first-order chi connectivity index (χ1) is 12.7. The molecule has 0 radical (unpaired) electrons. The third-order valence-electron chi connectivity index (χ3n) is 5.97. The van der Waals surface area contributed by atoms with Crippen LogP contribution in [0.1, 0.15) is 51.9 Å². The SMILES string of the molecule is CCOCCCCNC(=NC)NCC1(N2CCCCC2)CCN(C)CC1. The van der Waals surface area contributed by atoms with E-state index in [-0.39, 0.29) is 0 Å². The Morgan fingerprint density at radius 1 is 1.04 bits per heavy atom. The lowest BCUT2D eigenvalue weighted by atomic mass is 9.84. The highest BCUT2D eigenvalue weighted by atomic mass is 16.5. The van der Waals surface area contributed by atoms with E-state index in [1.54, 1.807) is 0 Å². The molecule has 0 aromatic rings. The van der Waals surface area contributed by atoms with Crippen LogP contribution in [0.25, 0.3) is 0 Å². The van der Waals surface area contributed by atoms with Crippen LogP contribution in [0.5, 0.6) is 0 Å². The van der Waals surface area contributed by atoms with Gasteiger partial charge in [-0.1, -0.05) is 6.42 Å². The van der Waals surface area contributed by atoms with Crippen LogP contribution >= 0.6 is 0 Å². The molecule has 2 heterocycles. The fourth-order valence-corrected chi connectivity index (χ4v) is 4.16. The normalized spacial score (nSPS) is 22.3. The molecule has 2 rings (SSSR count). The largest absolute Gasteiger partial charge is 0.382 e. The third-order valence-corrected chi connectivity index (χ3v) is 5.97. The summed E-state index contributed by atoms with van der Waals surface area (Å²) in [5.74, 6) is 0.941. The van der Waals surface area contributed by atoms with Crippen LogP contribution in [-0.2, 0) is 4.74 Å². The predicted molar refractivity (Wildman–Crippen MR) is 110 cm³/mol. The molecule has 152 valence electrons. The monoisotopic (exact) mass is 367 g/mol. The molecule has 0 atom stereocenters. The van der Waals surface area contributed by atoms with Gasteiger partial charge in [-0.05, 0) is 78.7 Å². The molecule has 2 N–H and O–H groups in total. The molecule has 0 bridgehead atoms. The second kappa shape index (κ2) is 11.8. The average molecular weight is 368 g/mol. The van der Waals surface area contributed by atoms with Crippen LogP contribution in [0.4, 0.5) is 0 Å². The zero-order valence-electron chi connectivity index (χ0n) is 17.4. The van der Waals surface area contributed by atoms with Crippen LogP contribution in [0.2, 0.25) is 0 Å². The third kappa shape index (κ3) is 6.71. The Morgan fingerprint density at radius 3 is 2.42 bits per heavy atom. The quantitative estimate of drug-likeness (QED) is 0.370. The van der Waals surface area contributed by atoms with Crippen molar-refractivity contribution >= 4 is 5.96 Å². The minimum Gasteiger partial charge on any atom is -0.382 e. The smallest absolute Gasteiger partial charge is 0.191 e. The van der Waals surface area contributed by atoms with Crippen LogP contribution in [0.3, 0.4) is 0 Å². The molecule has 2 aliphatic rings. The highest BCUT2D eigenvalue weighted by Gasteiger charge is 2.39. The molecule has 0 aromatic carbocycles. The van der Waals surface area contributed by atoms with Gasteiger partial charge in [0.15, 0.2) is 5.96 Å². The summed E-state index contributed by atoms with van der Waals surface area (Å²) in [7, 11) is 4.12. The first-order valence-electron chi connectivity index (χ1n) is 10.7. The summed E-state index contributed by atoms with van der Waals surface area (Å²) >= 11 is 0. The lowest BCUT2D eigenvalue weighted by molar-refractivity contribution is 0.0173. The first kappa shape index (κ1) is 21.5. The summed E-state index contributed by atoms with van der Waals surface area (Å²) in [6.45, 7) is 10.6. The van der Waals surface area contributed by atoms with Crippen molar-refractivity contribution in [3.05, 3.63) is 0 Å². The Kier molecular flexibility index (Phi) is 9.72. The lowest BCUT2D eigenvalue weighted by Crippen LogP contribution is -2.62. The van der Waals surface area contributed by atoms with E-state index in [1.165, 1.54) is 58.3 Å². The van der Waals surface area contributed by atoms with Crippen LogP contribution in [-0.4, -0.2) is 87.9 Å². The molecule has 0 aromatic heterocycles. The number of nitrogens with zero attached hydrogens (tertiary/aromatic N) is 3. The molecule has 0 spiro atoms. The van der Waals surface area contributed by atoms with Crippen molar-refractivity contribution in [1.29, 1.82) is 0 Å². The molecule has 6 nitrogen and oxygen atoms in total. The standard InChI is InChI=1S/C20H41N5O/c1-4-26-17-9-6-12-22-19(21-2)23-18-20(10-15-24(3)16-11-20)25-13-7-5-8-14-25/h4-18H2,1-3H3,(H2,21,22,23). The Balaban J connectivity index is 1.81. The Labute approximate surface area is 160 Å². The highest BCUT2D eigenvalue weighted by Crippen LogP contribution is 2.30. The van der Waals surface area contributed by atoms with Crippen molar-refractivity contribution in [2.45, 2.75) is 57.4 Å². The zero-order valence-corrected chi connectivity index (χ0v) is 17.4. The van der Waals surface area contributed by atoms with Gasteiger partial charge in [0.1, 0.15) is 0 Å². The molecule has 0 unspecified atom stereocenters. The number of likely N-dealkylation sites (tertiary alicyclic amines) is 2. The second-order valence-electron chi connectivity index (χ2n) is 7.83. The summed E-state index contributed by atoms with van der Waals surface area (Å²) in [6.07, 6.45) is 8.81. The molecule has 0 aliphatic carbocycles. The van der Waals surface area contributed by atoms with Crippen LogP contribution in [0.15, 0.2) is 4.99 Å². The minimum atomic E-state index is 0.291. The second-order valence-corrected chi connectivity index (χ2v) is 7.83. The summed E-state index contributed by atoms with van der Waals surface area (Å²) < 4.78 is 5.40. The topological polar surface area (TPSA) is 52.1 Å². The molecule has 0 saturated carbocycles. The van der Waals surface area contributed by atoms with Gasteiger partial charge >= 0.3 is 0 Å². The summed E-state index contributed by atoms with van der Waals surface area (Å²) in [5, 5.41) is 7.11. The maximum Gasteiger partial charge on any atom is 0.191 e. The molecular formula is C20H41N5O. The summed E-state index contributed by atoms with van der Waals surface area (Å²) in [4.78, 5) is 9.67. The number of rotatable bonds is 9. The predicted octanol–water partition coefficient (Wildman–Crippen LogP) is 1.92. The Morgan fingerprint density at radius 2 is 1.77 bits per heavy atom. The van der Waals surface area contributed by atoms with E-state index in [0.29, 0.717) is 5.54 Å². The maximum absolute atomic E-state index is 5.40. The van der Waals surface area contributed by atoms with E-state index >= 15 is 0 Å². The van der Waals surface area contributed by atoms with Gasteiger partial charge in [-0.15, -0.1) is 0 Å². The van der Waals surface area contributed by atoms with E-state index in [0.717, 1.165) is 45.1 Å². The Bertz CT molecular complexity index is 401. The molecule has 2 fully saturated rings. The number of piperidine rings is 2. The molecule has 0 amide bonds. The van der Waals surface area contributed by atoms with Crippen molar-refractivity contribution < 1.29 is 4.74 Å². The number of hydrogen-bond donors (Lipinski definition) is 2. The first-order valence-corrected chi connectivity index (χ1v) is 10.7. The average Bonchev–Trinajstić information content (AvgIpc) is 2.69. The molecule has 2 saturated heterocycles. The zero-order chi connectivity index (χ0) is 18.7. The van der Waals surface area contributed by atoms with Gasteiger partial charge in [-0.2, -0.15) is 0 Å². The molecule has 2 aliphatic heterocycles. The number of guanidine groups is 1. The lowest BCUT2D eigenvalue weighted by Gasteiger charge is -2.50. The summed E-state index contributed by atoms with van der Waals surface area (Å²) in [5.41, 5.74) is 0.291. The number of aliphatic imine (C=N–C) groups is 1. The van der Waals surface area contributed by atoms with Gasteiger partial charge in [0.2, 0.25) is 0 Å². The van der Waals surface area contributed by atoms with E-state index in [9.17, 15) is 0 Å². The minimum absolute atomic E-state index is 0.291. The van der Waals surface area contributed by atoms with Crippen molar-refractivity contribution in [3.8, 4) is 0 Å². The van der Waals surface area contributed by atoms with E-state index in [2.05, 4.69) is 32.5 Å². The van der Waals surface area contributed by atoms with Crippen LogP contribution < -0.4 is 10.6 Å². The molecular weight excluding hydrogens is 326 g/mol. The van der Waals surface area contributed by atoms with Gasteiger partial charge in [-0.25, -0.2) is 0 Å². The fourth-order valence-electron chi connectivity index (χ4n) is 4.16. The molecule has 6 heteroatoms. The number of unbranched alkanes of at least 4 members (excludes halogenated alkanes) is 1. The van der Waals surface area contributed by atoms with Gasteiger partial charge < -0.3 is 20.3 Å². The van der Waals surface area contributed by atoms with E-state index in [1.807, 2.05) is 14.0 Å². The summed E-state index contributed by atoms with van der Waals surface area (Å²) in [6, 6.07) is 0. The van der Waals surface area contributed by atoms with Gasteiger partial charge in [0.25, 0.3) is 0 Å². The van der Waals surface area contributed by atoms with Gasteiger partial charge in [0, 0.05) is 38.9 Å². The van der Waals surface area contributed by atoms with Gasteiger partial charge in [0.05, 0.1) is 0 Å². The van der Waals surface area contributed by atoms with Crippen molar-refractivity contribution in [2.75, 3.05) is 66.6 Å². The van der Waals surface area contributed by atoms with Crippen LogP contribution in [0, 0.1) is 0 Å². The number of nitrogens with one attached hydrogen (secondary N) is 2. The van der Waals surface area contributed by atoms with Gasteiger partial charge in [-0.3, -0.25) is 9.89 Å². The van der Waals surface area contributed by atoms with E-state index in [4.69, 9.17) is 4.74 Å². The maximum atomic E-state index is 5.40.